The van der Waals surface area contributed by atoms with E-state index in [1.54, 1.807) is 0 Å². The van der Waals surface area contributed by atoms with Crippen LogP contribution in [0.3, 0.4) is 0 Å². The molecule has 0 N–H and O–H groups in total. The molecule has 3 aromatic rings. The molecule has 0 amide bonds. The summed E-state index contributed by atoms with van der Waals surface area (Å²) in [7, 11) is 0. The maximum absolute atomic E-state index is 4.60. The number of hydrogen-bond donors (Lipinski definition) is 0. The van der Waals surface area contributed by atoms with Gasteiger partial charge in [-0.3, -0.25) is 0 Å². The van der Waals surface area contributed by atoms with E-state index in [4.69, 9.17) is 0 Å². The van der Waals surface area contributed by atoms with E-state index in [9.17, 15) is 0 Å². The summed E-state index contributed by atoms with van der Waals surface area (Å²) in [6, 6.07) is 18.4. The lowest BCUT2D eigenvalue weighted by atomic mass is 10.2. The molecule has 1 heterocycles. The zero-order valence-electron chi connectivity index (χ0n) is 9.09. The standard InChI is InChI=1S/C14H12N2/c1-11-13-9-5-6-10-14(13)15-16(11)12-7-3-2-4-8-12/h2-10H,1H3. The topological polar surface area (TPSA) is 17.8 Å². The highest BCUT2D eigenvalue weighted by Gasteiger charge is 2.06. The van der Waals surface area contributed by atoms with Gasteiger partial charge in [-0.15, -0.1) is 0 Å². The smallest absolute Gasteiger partial charge is 0.0930 e. The molecule has 2 aromatic carbocycles. The number of aromatic nitrogens is 2. The van der Waals surface area contributed by atoms with Crippen molar-refractivity contribution in [2.45, 2.75) is 6.92 Å². The molecule has 0 fully saturated rings. The first-order chi connectivity index (χ1) is 7.86. The first kappa shape index (κ1) is 9.16. The van der Waals surface area contributed by atoms with Gasteiger partial charge in [0.2, 0.25) is 0 Å². The Bertz CT molecular complexity index is 624. The molecular weight excluding hydrogens is 196 g/mol. The Hall–Kier alpha value is -2.09. The quantitative estimate of drug-likeness (QED) is 0.599. The summed E-state index contributed by atoms with van der Waals surface area (Å²) in [5.74, 6) is 0. The van der Waals surface area contributed by atoms with Crippen LogP contribution in [0.4, 0.5) is 0 Å². The van der Waals surface area contributed by atoms with Crippen LogP contribution < -0.4 is 0 Å². The van der Waals surface area contributed by atoms with E-state index in [1.807, 2.05) is 41.1 Å². The van der Waals surface area contributed by atoms with Crippen molar-refractivity contribution in [3.63, 3.8) is 0 Å². The molecule has 0 aliphatic rings. The van der Waals surface area contributed by atoms with E-state index >= 15 is 0 Å². The molecule has 0 bridgehead atoms. The molecule has 1 aromatic heterocycles. The summed E-state index contributed by atoms with van der Waals surface area (Å²) in [5.41, 5.74) is 3.34. The highest BCUT2D eigenvalue weighted by molar-refractivity contribution is 5.81. The lowest BCUT2D eigenvalue weighted by molar-refractivity contribution is 0.861. The van der Waals surface area contributed by atoms with Gasteiger partial charge in [-0.05, 0) is 25.1 Å². The largest absolute Gasteiger partial charge is 0.237 e. The maximum atomic E-state index is 4.60. The normalized spacial score (nSPS) is 10.8. The number of hydrogen-bond acceptors (Lipinski definition) is 1. The molecule has 78 valence electrons. The van der Waals surface area contributed by atoms with Gasteiger partial charge in [0.1, 0.15) is 0 Å². The van der Waals surface area contributed by atoms with Crippen molar-refractivity contribution in [2.24, 2.45) is 0 Å². The first-order valence-electron chi connectivity index (χ1n) is 5.36. The van der Waals surface area contributed by atoms with Crippen molar-refractivity contribution in [3.8, 4) is 5.69 Å². The second-order valence-electron chi connectivity index (χ2n) is 3.85. The summed E-state index contributed by atoms with van der Waals surface area (Å²) in [4.78, 5) is 0. The van der Waals surface area contributed by atoms with Gasteiger partial charge in [-0.2, -0.15) is 5.10 Å². The van der Waals surface area contributed by atoms with E-state index in [2.05, 4.69) is 30.2 Å². The summed E-state index contributed by atoms with van der Waals surface area (Å²) in [6.45, 7) is 2.10. The maximum Gasteiger partial charge on any atom is 0.0930 e. The number of fused-ring (bicyclic) bond motifs is 1. The van der Waals surface area contributed by atoms with Crippen molar-refractivity contribution in [2.75, 3.05) is 0 Å². The molecule has 2 nitrogen and oxygen atoms in total. The number of nitrogens with zero attached hydrogens (tertiary/aromatic N) is 2. The minimum atomic E-state index is 1.05. The average Bonchev–Trinajstić information content (AvgIpc) is 2.69. The van der Waals surface area contributed by atoms with E-state index < -0.39 is 0 Å². The molecule has 0 radical (unpaired) electrons. The predicted octanol–water partition coefficient (Wildman–Crippen LogP) is 3.33. The summed E-state index contributed by atoms with van der Waals surface area (Å²) in [6.07, 6.45) is 0. The van der Waals surface area contributed by atoms with Crippen molar-refractivity contribution >= 4 is 10.9 Å². The fourth-order valence-electron chi connectivity index (χ4n) is 1.98. The van der Waals surface area contributed by atoms with Gasteiger partial charge in [0, 0.05) is 11.1 Å². The Morgan fingerprint density at radius 2 is 1.56 bits per heavy atom. The lowest BCUT2D eigenvalue weighted by Gasteiger charge is -2.02. The monoisotopic (exact) mass is 208 g/mol. The third-order valence-corrected chi connectivity index (χ3v) is 2.82. The Morgan fingerprint density at radius 3 is 2.31 bits per heavy atom. The van der Waals surface area contributed by atoms with Crippen LogP contribution in [0, 0.1) is 6.92 Å². The highest BCUT2D eigenvalue weighted by Crippen LogP contribution is 2.20. The van der Waals surface area contributed by atoms with Gasteiger partial charge in [0.25, 0.3) is 0 Å². The molecule has 0 aliphatic heterocycles. The van der Waals surface area contributed by atoms with Gasteiger partial charge in [0.05, 0.1) is 11.2 Å². The third kappa shape index (κ3) is 1.31. The Labute approximate surface area is 94.1 Å². The van der Waals surface area contributed by atoms with Gasteiger partial charge < -0.3 is 0 Å². The number of rotatable bonds is 1. The fourth-order valence-corrected chi connectivity index (χ4v) is 1.98. The van der Waals surface area contributed by atoms with E-state index in [-0.39, 0.29) is 0 Å². The van der Waals surface area contributed by atoms with Gasteiger partial charge in [-0.1, -0.05) is 36.4 Å². The molecule has 0 aliphatic carbocycles. The zero-order valence-corrected chi connectivity index (χ0v) is 9.09. The van der Waals surface area contributed by atoms with Crippen molar-refractivity contribution in [1.29, 1.82) is 0 Å². The van der Waals surface area contributed by atoms with Crippen LogP contribution in [0.1, 0.15) is 5.69 Å². The number of benzene rings is 2. The van der Waals surface area contributed by atoms with Crippen molar-refractivity contribution in [1.82, 2.24) is 9.78 Å². The zero-order chi connectivity index (χ0) is 11.0. The summed E-state index contributed by atoms with van der Waals surface area (Å²) >= 11 is 0. The molecule has 0 spiro atoms. The molecule has 2 heteroatoms. The average molecular weight is 208 g/mol. The molecule has 3 rings (SSSR count). The van der Waals surface area contributed by atoms with Crippen molar-refractivity contribution < 1.29 is 0 Å². The Morgan fingerprint density at radius 1 is 0.875 bits per heavy atom. The molecule has 0 atom stereocenters. The number of aryl methyl sites for hydroxylation is 1. The van der Waals surface area contributed by atoms with Gasteiger partial charge >= 0.3 is 0 Å². The third-order valence-electron chi connectivity index (χ3n) is 2.82. The van der Waals surface area contributed by atoms with Crippen LogP contribution in [-0.4, -0.2) is 9.78 Å². The molecular formula is C14H12N2. The van der Waals surface area contributed by atoms with Crippen LogP contribution in [0.5, 0.6) is 0 Å². The van der Waals surface area contributed by atoms with Crippen LogP contribution in [0.2, 0.25) is 0 Å². The van der Waals surface area contributed by atoms with Crippen LogP contribution in [0.15, 0.2) is 54.6 Å². The SMILES string of the molecule is Cc1c2ccccc2nn1-c1ccccc1. The number of para-hydroxylation sites is 1. The second kappa shape index (κ2) is 3.49. The minimum Gasteiger partial charge on any atom is -0.237 e. The van der Waals surface area contributed by atoms with Gasteiger partial charge in [-0.25, -0.2) is 4.68 Å². The first-order valence-corrected chi connectivity index (χ1v) is 5.36. The van der Waals surface area contributed by atoms with E-state index in [0.29, 0.717) is 0 Å². The fraction of sp³-hybridized carbons (Fsp3) is 0.0714. The van der Waals surface area contributed by atoms with Gasteiger partial charge in [0.15, 0.2) is 0 Å². The van der Waals surface area contributed by atoms with Crippen molar-refractivity contribution in [3.05, 3.63) is 60.3 Å². The lowest BCUT2D eigenvalue weighted by Crippen LogP contribution is -1.97. The summed E-state index contributed by atoms with van der Waals surface area (Å²) in [5, 5.41) is 5.81. The summed E-state index contributed by atoms with van der Waals surface area (Å²) < 4.78 is 1.99. The molecule has 0 unspecified atom stereocenters. The van der Waals surface area contributed by atoms with Crippen LogP contribution in [-0.2, 0) is 0 Å². The van der Waals surface area contributed by atoms with E-state index in [0.717, 1.165) is 11.2 Å². The van der Waals surface area contributed by atoms with Crippen LogP contribution in [0.25, 0.3) is 16.6 Å². The predicted molar refractivity (Wildman–Crippen MR) is 65.8 cm³/mol. The molecule has 16 heavy (non-hydrogen) atoms. The van der Waals surface area contributed by atoms with Crippen LogP contribution >= 0.6 is 0 Å². The van der Waals surface area contributed by atoms with E-state index in [1.165, 1.54) is 11.1 Å². The minimum absolute atomic E-state index is 1.05. The highest BCUT2D eigenvalue weighted by atomic mass is 15.3. The Balaban J connectivity index is 2.29. The molecule has 0 saturated carbocycles. The Kier molecular flexibility index (Phi) is 2.00. The second-order valence-corrected chi connectivity index (χ2v) is 3.85. The molecule has 0 saturated heterocycles.